The Kier molecular flexibility index (Phi) is 4.54. The van der Waals surface area contributed by atoms with E-state index in [1.165, 1.54) is 0 Å². The molecule has 0 aliphatic carbocycles. The van der Waals surface area contributed by atoms with Crippen LogP contribution in [0.5, 0.6) is 0 Å². The first-order chi connectivity index (χ1) is 7.81. The van der Waals surface area contributed by atoms with Gasteiger partial charge in [0.1, 0.15) is 0 Å². The van der Waals surface area contributed by atoms with E-state index in [1.807, 2.05) is 0 Å². The van der Waals surface area contributed by atoms with E-state index >= 15 is 0 Å². The minimum Gasteiger partial charge on any atom is -0.199 e. The third-order valence-corrected chi connectivity index (χ3v) is 1.86. The van der Waals surface area contributed by atoms with E-state index < -0.39 is 30.4 Å². The summed E-state index contributed by atoms with van der Waals surface area (Å²) in [5, 5.41) is 0. The zero-order valence-electron chi connectivity index (χ0n) is 8.55. The van der Waals surface area contributed by atoms with Gasteiger partial charge in [0.05, 0.1) is 0 Å². The summed E-state index contributed by atoms with van der Waals surface area (Å²) in [5.41, 5.74) is 0. The molecule has 0 amide bonds. The van der Waals surface area contributed by atoms with Crippen LogP contribution in [0.2, 0.25) is 0 Å². The van der Waals surface area contributed by atoms with E-state index in [-0.39, 0.29) is 0 Å². The average Bonchev–Trinajstić information content (AvgIpc) is 2.15. The van der Waals surface area contributed by atoms with Crippen LogP contribution in [-0.2, 0) is 0 Å². The molecule has 0 unspecified atom stereocenters. The summed E-state index contributed by atoms with van der Waals surface area (Å²) in [5.74, 6) is -18.9. The van der Waals surface area contributed by atoms with Gasteiger partial charge in [-0.25, -0.2) is 0 Å². The molecule has 0 nitrogen and oxygen atoms in total. The fourth-order valence-corrected chi connectivity index (χ4v) is 0.848. The Morgan fingerprint density at radius 3 is 1.56 bits per heavy atom. The van der Waals surface area contributed by atoms with Crippen LogP contribution in [0.4, 0.5) is 39.5 Å². The molecule has 0 rings (SSSR count). The first kappa shape index (κ1) is 16.8. The van der Waals surface area contributed by atoms with Crippen molar-refractivity contribution in [2.24, 2.45) is 0 Å². The average molecular weight is 286 g/mol. The first-order valence-corrected chi connectivity index (χ1v) is 4.29. The van der Waals surface area contributed by atoms with Gasteiger partial charge in [-0.3, -0.25) is 0 Å². The molecule has 0 aromatic carbocycles. The van der Waals surface area contributed by atoms with E-state index in [2.05, 4.69) is 6.58 Å². The van der Waals surface area contributed by atoms with E-state index in [1.54, 1.807) is 0 Å². The van der Waals surface area contributed by atoms with Gasteiger partial charge in [-0.1, -0.05) is 24.8 Å². The van der Waals surface area contributed by atoms with Crippen molar-refractivity contribution in [1.29, 1.82) is 0 Å². The van der Waals surface area contributed by atoms with Crippen LogP contribution in [0.15, 0.2) is 24.8 Å². The highest BCUT2D eigenvalue weighted by Gasteiger charge is 2.81. The highest BCUT2D eigenvalue weighted by molar-refractivity contribution is 5.06. The number of hydrogen-bond acceptors (Lipinski definition) is 0. The van der Waals surface area contributed by atoms with Crippen molar-refractivity contribution in [2.75, 3.05) is 0 Å². The molecule has 0 spiro atoms. The molecule has 0 heterocycles. The molecular weight excluding hydrogens is 279 g/mol. The molecule has 0 aromatic heterocycles. The van der Waals surface area contributed by atoms with Gasteiger partial charge >= 0.3 is 23.9 Å². The molecule has 0 bridgehead atoms. The lowest BCUT2D eigenvalue weighted by Gasteiger charge is -2.33. The highest BCUT2D eigenvalue weighted by Crippen LogP contribution is 2.54. The second-order valence-electron chi connectivity index (χ2n) is 3.22. The van der Waals surface area contributed by atoms with Crippen molar-refractivity contribution >= 4 is 0 Å². The summed E-state index contributed by atoms with van der Waals surface area (Å²) in [7, 11) is 0. The molecule has 9 heteroatoms. The lowest BCUT2D eigenvalue weighted by atomic mass is 10.0. The zero-order valence-corrected chi connectivity index (χ0v) is 8.55. The van der Waals surface area contributed by atoms with Crippen LogP contribution >= 0.6 is 0 Å². The molecule has 0 saturated carbocycles. The normalized spacial score (nSPS) is 15.2. The van der Waals surface area contributed by atoms with Gasteiger partial charge in [-0.15, -0.1) is 0 Å². The maximum atomic E-state index is 12.7. The Hall–Kier alpha value is -1.15. The number of halogens is 9. The van der Waals surface area contributed by atoms with E-state index in [0.29, 0.717) is 6.08 Å². The van der Waals surface area contributed by atoms with Crippen LogP contribution in [0.1, 0.15) is 6.42 Å². The molecule has 0 N–H and O–H groups in total. The second kappa shape index (κ2) is 4.85. The Morgan fingerprint density at radius 1 is 0.778 bits per heavy atom. The van der Waals surface area contributed by atoms with Crippen molar-refractivity contribution < 1.29 is 39.5 Å². The third kappa shape index (κ3) is 2.81. The van der Waals surface area contributed by atoms with Crippen LogP contribution in [0, 0.1) is 0 Å². The SMILES string of the molecule is C=C/C=C/CC(F)(F)C(F)(F)C(F)(F)C(F)(F)F. The van der Waals surface area contributed by atoms with Crippen LogP contribution < -0.4 is 0 Å². The molecule has 0 radical (unpaired) electrons. The molecular formula is C9H7F9. The summed E-state index contributed by atoms with van der Waals surface area (Å²) >= 11 is 0. The fraction of sp³-hybridized carbons (Fsp3) is 0.556. The van der Waals surface area contributed by atoms with Gasteiger partial charge in [0, 0.05) is 6.42 Å². The summed E-state index contributed by atoms with van der Waals surface area (Å²) in [6.07, 6.45) is -6.85. The zero-order chi connectivity index (χ0) is 14.8. The Balaban J connectivity index is 5.35. The van der Waals surface area contributed by atoms with Crippen LogP contribution in [-0.4, -0.2) is 23.9 Å². The maximum absolute atomic E-state index is 12.7. The van der Waals surface area contributed by atoms with Crippen molar-refractivity contribution in [1.82, 2.24) is 0 Å². The van der Waals surface area contributed by atoms with Crippen LogP contribution in [0.25, 0.3) is 0 Å². The second-order valence-corrected chi connectivity index (χ2v) is 3.22. The van der Waals surface area contributed by atoms with Crippen molar-refractivity contribution in [3.63, 3.8) is 0 Å². The van der Waals surface area contributed by atoms with Gasteiger partial charge in [0.2, 0.25) is 0 Å². The topological polar surface area (TPSA) is 0 Å². The Bertz CT molecular complexity index is 323. The van der Waals surface area contributed by atoms with Crippen molar-refractivity contribution in [3.8, 4) is 0 Å². The van der Waals surface area contributed by atoms with Crippen LogP contribution in [0.3, 0.4) is 0 Å². The summed E-state index contributed by atoms with van der Waals surface area (Å²) in [6, 6.07) is 0. The van der Waals surface area contributed by atoms with Gasteiger partial charge in [0.25, 0.3) is 0 Å². The molecule has 18 heavy (non-hydrogen) atoms. The highest BCUT2D eigenvalue weighted by atomic mass is 19.4. The maximum Gasteiger partial charge on any atom is 0.460 e. The molecule has 0 aliphatic heterocycles. The summed E-state index contributed by atoms with van der Waals surface area (Å²) in [4.78, 5) is 0. The summed E-state index contributed by atoms with van der Waals surface area (Å²) in [6.45, 7) is 2.98. The van der Waals surface area contributed by atoms with Gasteiger partial charge in [-0.2, -0.15) is 39.5 Å². The molecule has 0 saturated heterocycles. The molecule has 0 atom stereocenters. The number of alkyl halides is 9. The Morgan fingerprint density at radius 2 is 1.22 bits per heavy atom. The van der Waals surface area contributed by atoms with E-state index in [0.717, 1.165) is 12.2 Å². The third-order valence-electron chi connectivity index (χ3n) is 1.86. The standard InChI is InChI=1S/C9H7F9/c1-2-3-4-5-6(10,11)7(12,13)8(14,15)9(16,17)18/h2-4H,1,5H2/b4-3+. The number of allylic oxidation sites excluding steroid dienone is 3. The van der Waals surface area contributed by atoms with Crippen molar-refractivity contribution in [3.05, 3.63) is 24.8 Å². The lowest BCUT2D eigenvalue weighted by molar-refractivity contribution is -0.395. The molecule has 0 fully saturated rings. The fourth-order valence-electron chi connectivity index (χ4n) is 0.848. The lowest BCUT2D eigenvalue weighted by Crippen LogP contribution is -2.60. The predicted octanol–water partition coefficient (Wildman–Crippen LogP) is 4.59. The monoisotopic (exact) mass is 286 g/mol. The van der Waals surface area contributed by atoms with Gasteiger partial charge < -0.3 is 0 Å². The largest absolute Gasteiger partial charge is 0.460 e. The minimum absolute atomic E-state index is 0.313. The van der Waals surface area contributed by atoms with Gasteiger partial charge in [0.15, 0.2) is 0 Å². The van der Waals surface area contributed by atoms with E-state index in [4.69, 9.17) is 0 Å². The minimum atomic E-state index is -6.83. The number of hydrogen-bond donors (Lipinski definition) is 0. The molecule has 0 aromatic rings. The quantitative estimate of drug-likeness (QED) is 0.512. The summed E-state index contributed by atoms with van der Waals surface area (Å²) < 4.78 is 110. The van der Waals surface area contributed by atoms with E-state index in [9.17, 15) is 39.5 Å². The number of rotatable bonds is 5. The Labute approximate surface area is 95.8 Å². The van der Waals surface area contributed by atoms with Crippen molar-refractivity contribution in [2.45, 2.75) is 30.4 Å². The molecule has 106 valence electrons. The smallest absolute Gasteiger partial charge is 0.199 e. The molecule has 0 aliphatic rings. The first-order valence-electron chi connectivity index (χ1n) is 4.29. The predicted molar refractivity (Wildman–Crippen MR) is 44.9 cm³/mol. The van der Waals surface area contributed by atoms with Gasteiger partial charge in [-0.05, 0) is 0 Å².